The van der Waals surface area contributed by atoms with Gasteiger partial charge in [0.15, 0.2) is 11.5 Å². The Morgan fingerprint density at radius 1 is 0.906 bits per heavy atom. The summed E-state index contributed by atoms with van der Waals surface area (Å²) in [6.45, 7) is 2.67. The topological polar surface area (TPSA) is 67.9 Å². The zero-order chi connectivity index (χ0) is 22.5. The fourth-order valence-electron chi connectivity index (χ4n) is 3.95. The van der Waals surface area contributed by atoms with Crippen molar-refractivity contribution in [3.05, 3.63) is 59.5 Å². The number of halogens is 1. The maximum Gasteiger partial charge on any atom is 0.278 e. The van der Waals surface area contributed by atoms with Crippen molar-refractivity contribution < 1.29 is 23.5 Å². The van der Waals surface area contributed by atoms with Crippen LogP contribution >= 0.6 is 0 Å². The van der Waals surface area contributed by atoms with Crippen molar-refractivity contribution >= 4 is 23.1 Å². The minimum Gasteiger partial charge on any atom is -0.454 e. The molecule has 0 saturated carbocycles. The van der Waals surface area contributed by atoms with Crippen LogP contribution in [0.15, 0.2) is 48.2 Å². The van der Waals surface area contributed by atoms with Crippen LogP contribution in [0.3, 0.4) is 0 Å². The van der Waals surface area contributed by atoms with E-state index in [9.17, 15) is 14.0 Å². The summed E-state index contributed by atoms with van der Waals surface area (Å²) in [5.41, 5.74) is 1.54. The molecule has 2 aromatic rings. The normalized spacial score (nSPS) is 15.1. The molecule has 0 aromatic heterocycles. The smallest absolute Gasteiger partial charge is 0.278 e. The van der Waals surface area contributed by atoms with E-state index in [-0.39, 0.29) is 29.9 Å². The Morgan fingerprint density at radius 2 is 1.62 bits per heavy atom. The second kappa shape index (κ2) is 9.85. The molecule has 0 bridgehead atoms. The summed E-state index contributed by atoms with van der Waals surface area (Å²) in [6.07, 6.45) is 6.34. The number of hydrogen-bond acceptors (Lipinski definition) is 5. The standard InChI is InChI=1S/C25H27FN2O4/c1-2-3-4-5-6-7-14-28-24(29)22(17-8-10-18(26)11-9-17)23(25(28)30)27-19-12-13-20-21(15-19)32-16-31-20/h8-13,15,27H,2-7,14,16H2,1H3. The van der Waals surface area contributed by atoms with Crippen molar-refractivity contribution in [2.45, 2.75) is 45.4 Å². The van der Waals surface area contributed by atoms with Gasteiger partial charge in [0.2, 0.25) is 6.79 Å². The molecule has 7 heteroatoms. The van der Waals surface area contributed by atoms with Gasteiger partial charge in [0, 0.05) is 18.3 Å². The maximum absolute atomic E-state index is 13.5. The van der Waals surface area contributed by atoms with Gasteiger partial charge in [0.1, 0.15) is 11.5 Å². The van der Waals surface area contributed by atoms with E-state index in [1.807, 2.05) is 0 Å². The third-order valence-corrected chi connectivity index (χ3v) is 5.68. The molecule has 0 unspecified atom stereocenters. The highest BCUT2D eigenvalue weighted by atomic mass is 19.1. The minimum absolute atomic E-state index is 0.145. The monoisotopic (exact) mass is 438 g/mol. The van der Waals surface area contributed by atoms with Crippen LogP contribution in [0.1, 0.15) is 51.0 Å². The van der Waals surface area contributed by atoms with Crippen LogP contribution in [0.25, 0.3) is 5.57 Å². The molecule has 1 N–H and O–H groups in total. The van der Waals surface area contributed by atoms with Crippen molar-refractivity contribution in [1.29, 1.82) is 0 Å². The molecule has 2 aromatic carbocycles. The van der Waals surface area contributed by atoms with Crippen molar-refractivity contribution in [3.8, 4) is 11.5 Å². The van der Waals surface area contributed by atoms with E-state index >= 15 is 0 Å². The number of rotatable bonds is 10. The molecule has 168 valence electrons. The van der Waals surface area contributed by atoms with Crippen molar-refractivity contribution in [3.63, 3.8) is 0 Å². The van der Waals surface area contributed by atoms with Crippen molar-refractivity contribution in [2.24, 2.45) is 0 Å². The number of nitrogens with zero attached hydrogens (tertiary/aromatic N) is 1. The molecule has 0 fully saturated rings. The number of hydrogen-bond donors (Lipinski definition) is 1. The second-order valence-corrected chi connectivity index (χ2v) is 7.98. The SMILES string of the molecule is CCCCCCCCN1C(=O)C(Nc2ccc3c(c2)OCO3)=C(c2ccc(F)cc2)C1=O. The van der Waals surface area contributed by atoms with Gasteiger partial charge < -0.3 is 14.8 Å². The van der Waals surface area contributed by atoms with Crippen LogP contribution in [0.5, 0.6) is 11.5 Å². The van der Waals surface area contributed by atoms with Crippen molar-refractivity contribution in [1.82, 2.24) is 4.90 Å². The molecule has 32 heavy (non-hydrogen) atoms. The van der Waals surface area contributed by atoms with Gasteiger partial charge >= 0.3 is 0 Å². The first-order chi connectivity index (χ1) is 15.6. The molecule has 6 nitrogen and oxygen atoms in total. The highest BCUT2D eigenvalue weighted by Gasteiger charge is 2.39. The van der Waals surface area contributed by atoms with Gasteiger partial charge in [-0.3, -0.25) is 14.5 Å². The second-order valence-electron chi connectivity index (χ2n) is 7.98. The number of anilines is 1. The fourth-order valence-corrected chi connectivity index (χ4v) is 3.95. The molecule has 0 aliphatic carbocycles. The van der Waals surface area contributed by atoms with Gasteiger partial charge in [-0.2, -0.15) is 0 Å². The first-order valence-electron chi connectivity index (χ1n) is 11.1. The summed E-state index contributed by atoms with van der Waals surface area (Å²) in [5.74, 6) is 0.0562. The van der Waals surface area contributed by atoms with E-state index in [1.165, 1.54) is 42.0 Å². The predicted molar refractivity (Wildman–Crippen MR) is 120 cm³/mol. The van der Waals surface area contributed by atoms with Gasteiger partial charge in [0.25, 0.3) is 11.8 Å². The van der Waals surface area contributed by atoms with E-state index in [4.69, 9.17) is 9.47 Å². The molecule has 0 radical (unpaired) electrons. The molecule has 2 aliphatic rings. The number of fused-ring (bicyclic) bond motifs is 1. The Kier molecular flexibility index (Phi) is 6.73. The summed E-state index contributed by atoms with van der Waals surface area (Å²) in [4.78, 5) is 27.7. The summed E-state index contributed by atoms with van der Waals surface area (Å²) in [7, 11) is 0. The number of amides is 2. The van der Waals surface area contributed by atoms with Crippen LogP contribution in [-0.4, -0.2) is 30.1 Å². The Morgan fingerprint density at radius 3 is 2.41 bits per heavy atom. The number of benzene rings is 2. The van der Waals surface area contributed by atoms with Gasteiger partial charge in [-0.15, -0.1) is 0 Å². The first-order valence-corrected chi connectivity index (χ1v) is 11.1. The lowest BCUT2D eigenvalue weighted by Gasteiger charge is -2.15. The average molecular weight is 438 g/mol. The Hall–Kier alpha value is -3.35. The number of imide groups is 1. The van der Waals surface area contributed by atoms with E-state index in [0.29, 0.717) is 29.3 Å². The van der Waals surface area contributed by atoms with E-state index < -0.39 is 5.82 Å². The van der Waals surface area contributed by atoms with Crippen LogP contribution in [-0.2, 0) is 9.59 Å². The van der Waals surface area contributed by atoms with Crippen LogP contribution in [0, 0.1) is 5.82 Å². The van der Waals surface area contributed by atoms with E-state index in [2.05, 4.69) is 12.2 Å². The largest absolute Gasteiger partial charge is 0.454 e. The predicted octanol–water partition coefficient (Wildman–Crippen LogP) is 5.11. The van der Waals surface area contributed by atoms with Gasteiger partial charge in [-0.1, -0.05) is 51.2 Å². The summed E-state index contributed by atoms with van der Waals surface area (Å²) >= 11 is 0. The Labute approximate surface area is 187 Å². The molecule has 4 rings (SSSR count). The molecule has 0 spiro atoms. The summed E-state index contributed by atoms with van der Waals surface area (Å²) < 4.78 is 24.2. The fraction of sp³-hybridized carbons (Fsp3) is 0.360. The van der Waals surface area contributed by atoms with Crippen LogP contribution < -0.4 is 14.8 Å². The zero-order valence-corrected chi connectivity index (χ0v) is 18.2. The lowest BCUT2D eigenvalue weighted by Crippen LogP contribution is -2.33. The van der Waals surface area contributed by atoms with Gasteiger partial charge in [0.05, 0.1) is 5.57 Å². The first kappa shape index (κ1) is 21.9. The van der Waals surface area contributed by atoms with E-state index in [1.54, 1.807) is 18.2 Å². The Balaban J connectivity index is 1.56. The third kappa shape index (κ3) is 4.61. The maximum atomic E-state index is 13.5. The third-order valence-electron chi connectivity index (χ3n) is 5.68. The van der Waals surface area contributed by atoms with Gasteiger partial charge in [-0.05, 0) is 36.2 Å². The number of nitrogens with one attached hydrogen (secondary N) is 1. The number of carbonyl (C=O) groups excluding carboxylic acids is 2. The number of ether oxygens (including phenoxy) is 2. The molecule has 2 aliphatic heterocycles. The highest BCUT2D eigenvalue weighted by molar-refractivity contribution is 6.36. The number of unbranched alkanes of at least 4 members (excludes halogenated alkanes) is 5. The van der Waals surface area contributed by atoms with Gasteiger partial charge in [-0.25, -0.2) is 4.39 Å². The molecule has 0 saturated heterocycles. The van der Waals surface area contributed by atoms with Crippen LogP contribution in [0.2, 0.25) is 0 Å². The molecule has 2 amide bonds. The molecule has 2 heterocycles. The molecular formula is C25H27FN2O4. The Bertz CT molecular complexity index is 1030. The lowest BCUT2D eigenvalue weighted by atomic mass is 10.0. The summed E-state index contributed by atoms with van der Waals surface area (Å²) in [5, 5.41) is 3.10. The van der Waals surface area contributed by atoms with Crippen molar-refractivity contribution in [2.75, 3.05) is 18.7 Å². The molecular weight excluding hydrogens is 411 g/mol. The highest BCUT2D eigenvalue weighted by Crippen LogP contribution is 2.36. The van der Waals surface area contributed by atoms with Crippen LogP contribution in [0.4, 0.5) is 10.1 Å². The minimum atomic E-state index is -0.402. The van der Waals surface area contributed by atoms with E-state index in [0.717, 1.165) is 25.7 Å². The number of carbonyl (C=O) groups is 2. The summed E-state index contributed by atoms with van der Waals surface area (Å²) in [6, 6.07) is 10.8. The lowest BCUT2D eigenvalue weighted by molar-refractivity contribution is -0.136. The average Bonchev–Trinajstić information content (AvgIpc) is 3.35. The quantitative estimate of drug-likeness (QED) is 0.413. The molecule has 0 atom stereocenters. The zero-order valence-electron chi connectivity index (χ0n) is 18.2.